The molecule has 24 heavy (non-hydrogen) atoms. The average molecular weight is 330 g/mol. The highest BCUT2D eigenvalue weighted by molar-refractivity contribution is 6.01. The fraction of sp³-hybridized carbons (Fsp3) is 0.737. The van der Waals surface area contributed by atoms with Crippen LogP contribution in [0.4, 0.5) is 0 Å². The molecular weight excluding hydrogens is 308 g/mol. The van der Waals surface area contributed by atoms with Gasteiger partial charge >= 0.3 is 5.97 Å². The van der Waals surface area contributed by atoms with Gasteiger partial charge in [0, 0.05) is 31.1 Å². The molecule has 8 atom stereocenters. The molecule has 0 aromatic heterocycles. The first kappa shape index (κ1) is 14.8. The average Bonchev–Trinajstić information content (AvgIpc) is 2.90. The lowest BCUT2D eigenvalue weighted by Gasteiger charge is -2.42. The van der Waals surface area contributed by atoms with Gasteiger partial charge in [0.2, 0.25) is 0 Å². The first-order valence-electron chi connectivity index (χ1n) is 8.89. The molecule has 0 amide bonds. The topological polar surface area (TPSA) is 69.7 Å². The Hall–Kier alpha value is -1.49. The van der Waals surface area contributed by atoms with Crippen molar-refractivity contribution in [1.82, 2.24) is 0 Å². The van der Waals surface area contributed by atoms with Crippen molar-refractivity contribution in [2.24, 2.45) is 29.6 Å². The fourth-order valence-corrected chi connectivity index (χ4v) is 6.49. The molecule has 2 saturated heterocycles. The minimum Gasteiger partial charge on any atom is -0.462 e. The molecule has 0 N–H and O–H groups in total. The van der Waals surface area contributed by atoms with Crippen molar-refractivity contribution in [2.75, 3.05) is 0 Å². The van der Waals surface area contributed by atoms with Gasteiger partial charge in [-0.1, -0.05) is 12.2 Å². The van der Waals surface area contributed by atoms with Gasteiger partial charge in [-0.3, -0.25) is 14.4 Å². The third-order valence-electron chi connectivity index (χ3n) is 7.35. The maximum absolute atomic E-state index is 13.3. The predicted octanol–water partition coefficient (Wildman–Crippen LogP) is 1.84. The van der Waals surface area contributed by atoms with Gasteiger partial charge in [0.25, 0.3) is 0 Å². The van der Waals surface area contributed by atoms with Gasteiger partial charge in [-0.25, -0.2) is 0 Å². The van der Waals surface area contributed by atoms with Gasteiger partial charge in [0.05, 0.1) is 17.4 Å². The van der Waals surface area contributed by atoms with Gasteiger partial charge < -0.3 is 9.47 Å². The van der Waals surface area contributed by atoms with Crippen molar-refractivity contribution in [2.45, 2.75) is 56.8 Å². The quantitative estimate of drug-likeness (QED) is 0.542. The Labute approximate surface area is 140 Å². The maximum atomic E-state index is 13.3. The van der Waals surface area contributed by atoms with Crippen LogP contribution in [0.2, 0.25) is 0 Å². The first-order valence-corrected chi connectivity index (χ1v) is 8.89. The minimum atomic E-state index is -1.11. The summed E-state index contributed by atoms with van der Waals surface area (Å²) in [6.45, 7) is 7.90. The van der Waals surface area contributed by atoms with Crippen LogP contribution in [0.15, 0.2) is 12.2 Å². The first-order chi connectivity index (χ1) is 11.3. The van der Waals surface area contributed by atoms with Crippen molar-refractivity contribution in [3.63, 3.8) is 0 Å². The number of hydrogen-bond donors (Lipinski definition) is 0. The summed E-state index contributed by atoms with van der Waals surface area (Å²) in [5, 5.41) is 0. The monoisotopic (exact) mass is 330 g/mol. The Morgan fingerprint density at radius 2 is 2.04 bits per heavy atom. The van der Waals surface area contributed by atoms with Crippen LogP contribution in [0.3, 0.4) is 0 Å². The van der Waals surface area contributed by atoms with Crippen molar-refractivity contribution in [3.05, 3.63) is 12.2 Å². The number of ketones is 2. The summed E-state index contributed by atoms with van der Waals surface area (Å²) in [5.74, 6) is -1.04. The molecule has 3 saturated carbocycles. The summed E-state index contributed by atoms with van der Waals surface area (Å²) in [5.41, 5.74) is -0.771. The van der Waals surface area contributed by atoms with Crippen molar-refractivity contribution in [1.29, 1.82) is 0 Å². The molecule has 5 heteroatoms. The molecule has 5 nitrogen and oxygen atoms in total. The molecule has 0 unspecified atom stereocenters. The van der Waals surface area contributed by atoms with Crippen LogP contribution in [-0.4, -0.2) is 34.8 Å². The third kappa shape index (κ3) is 1.48. The van der Waals surface area contributed by atoms with Crippen LogP contribution in [-0.2, 0) is 23.9 Å². The zero-order chi connectivity index (χ0) is 17.0. The SMILES string of the molecule is C=C(C)[C@H]1CC(=O)C[C@@]23O[C@]4(C)C[C@@H]5OC(=O)[C@@H]([C@@H]5[C@@H]4C2=O)[C@@H]3C1. The normalized spacial score (nSPS) is 54.5. The molecule has 2 heterocycles. The molecular formula is C19H22O5. The van der Waals surface area contributed by atoms with Crippen LogP contribution in [0.25, 0.3) is 0 Å². The molecule has 128 valence electrons. The minimum absolute atomic E-state index is 0.00797. The van der Waals surface area contributed by atoms with E-state index in [1.54, 1.807) is 0 Å². The van der Waals surface area contributed by atoms with Crippen LogP contribution in [0.5, 0.6) is 0 Å². The largest absolute Gasteiger partial charge is 0.462 e. The molecule has 3 aliphatic carbocycles. The van der Waals surface area contributed by atoms with E-state index < -0.39 is 11.2 Å². The lowest BCUT2D eigenvalue weighted by Crippen LogP contribution is -2.56. The Morgan fingerprint density at radius 1 is 1.29 bits per heavy atom. The van der Waals surface area contributed by atoms with Gasteiger partial charge in [0.15, 0.2) is 5.78 Å². The molecule has 2 bridgehead atoms. The zero-order valence-corrected chi connectivity index (χ0v) is 14.0. The summed E-state index contributed by atoms with van der Waals surface area (Å²) in [7, 11) is 0. The van der Waals surface area contributed by atoms with Crippen LogP contribution in [0.1, 0.15) is 39.5 Å². The van der Waals surface area contributed by atoms with E-state index in [-0.39, 0.29) is 59.7 Å². The van der Waals surface area contributed by atoms with Gasteiger partial charge in [-0.05, 0) is 26.2 Å². The van der Waals surface area contributed by atoms with Crippen molar-refractivity contribution >= 4 is 17.5 Å². The molecule has 1 spiro atoms. The number of ether oxygens (including phenoxy) is 2. The van der Waals surface area contributed by atoms with E-state index in [9.17, 15) is 14.4 Å². The summed E-state index contributed by atoms with van der Waals surface area (Å²) in [6.07, 6.45) is 1.47. The number of carbonyl (C=O) groups excluding carboxylic acids is 3. The Balaban J connectivity index is 1.69. The smallest absolute Gasteiger partial charge is 0.310 e. The third-order valence-corrected chi connectivity index (χ3v) is 7.35. The van der Waals surface area contributed by atoms with E-state index in [2.05, 4.69) is 6.58 Å². The second kappa shape index (κ2) is 4.18. The highest BCUT2D eigenvalue weighted by Gasteiger charge is 2.79. The van der Waals surface area contributed by atoms with E-state index in [1.807, 2.05) is 13.8 Å². The number of Topliss-reactive ketones (excluding diaryl/α,β-unsaturated/α-hetero) is 2. The number of fused-ring (bicyclic) bond motifs is 1. The molecule has 5 aliphatic rings. The fourth-order valence-electron chi connectivity index (χ4n) is 6.49. The number of hydrogen-bond acceptors (Lipinski definition) is 5. The summed E-state index contributed by atoms with van der Waals surface area (Å²) in [4.78, 5) is 38.5. The van der Waals surface area contributed by atoms with E-state index in [1.165, 1.54) is 0 Å². The highest BCUT2D eigenvalue weighted by Crippen LogP contribution is 2.68. The lowest BCUT2D eigenvalue weighted by atomic mass is 9.59. The second-order valence-electron chi connectivity index (χ2n) is 8.73. The maximum Gasteiger partial charge on any atom is 0.310 e. The molecule has 0 radical (unpaired) electrons. The number of carbonyl (C=O) groups is 3. The second-order valence-corrected chi connectivity index (χ2v) is 8.73. The van der Waals surface area contributed by atoms with E-state index in [4.69, 9.17) is 9.47 Å². The van der Waals surface area contributed by atoms with E-state index in [0.29, 0.717) is 19.3 Å². The number of esters is 1. The van der Waals surface area contributed by atoms with Crippen molar-refractivity contribution in [3.8, 4) is 0 Å². The van der Waals surface area contributed by atoms with Crippen LogP contribution < -0.4 is 0 Å². The van der Waals surface area contributed by atoms with Crippen molar-refractivity contribution < 1.29 is 23.9 Å². The summed E-state index contributed by atoms with van der Waals surface area (Å²) in [6, 6.07) is 0. The standard InChI is InChI=1S/C19H22O5/c1-8(2)9-4-10(20)6-19-11(5-9)13-14-12(23-17(13)22)7-18(3,24-19)15(14)16(19)21/h9,11-15H,1,4-7H2,2-3H3/t9-,11-,12-,13+,14+,15+,18+,19-/m0/s1. The molecule has 0 aromatic carbocycles. The number of rotatable bonds is 1. The Morgan fingerprint density at radius 3 is 2.75 bits per heavy atom. The van der Waals surface area contributed by atoms with Crippen LogP contribution in [0, 0.1) is 29.6 Å². The summed E-state index contributed by atoms with van der Waals surface area (Å²) < 4.78 is 12.1. The summed E-state index contributed by atoms with van der Waals surface area (Å²) >= 11 is 0. The zero-order valence-electron chi connectivity index (χ0n) is 14.0. The van der Waals surface area contributed by atoms with E-state index in [0.717, 1.165) is 5.57 Å². The van der Waals surface area contributed by atoms with E-state index >= 15 is 0 Å². The predicted molar refractivity (Wildman–Crippen MR) is 82.8 cm³/mol. The van der Waals surface area contributed by atoms with Gasteiger partial charge in [-0.2, -0.15) is 0 Å². The molecule has 2 aliphatic heterocycles. The Kier molecular flexibility index (Phi) is 2.58. The Bertz CT molecular complexity index is 711. The molecule has 5 fully saturated rings. The molecule has 0 aromatic rings. The lowest BCUT2D eigenvalue weighted by molar-refractivity contribution is -0.166. The molecule has 5 rings (SSSR count). The van der Waals surface area contributed by atoms with Gasteiger partial charge in [0.1, 0.15) is 17.5 Å². The highest BCUT2D eigenvalue weighted by atomic mass is 16.6. The number of allylic oxidation sites excluding steroid dienone is 1. The van der Waals surface area contributed by atoms with Gasteiger partial charge in [-0.15, -0.1) is 0 Å². The van der Waals surface area contributed by atoms with Crippen LogP contribution >= 0.6 is 0 Å².